The summed E-state index contributed by atoms with van der Waals surface area (Å²) in [5.41, 5.74) is 1.18. The van der Waals surface area contributed by atoms with E-state index in [4.69, 9.17) is 14.2 Å². The van der Waals surface area contributed by atoms with Crippen molar-refractivity contribution in [2.24, 2.45) is 12.0 Å². The van der Waals surface area contributed by atoms with Gasteiger partial charge in [-0.3, -0.25) is 4.68 Å². The molecule has 3 heterocycles. The highest BCUT2D eigenvalue weighted by Crippen LogP contribution is 2.40. The van der Waals surface area contributed by atoms with E-state index in [-0.39, 0.29) is 36.2 Å². The van der Waals surface area contributed by atoms with Gasteiger partial charge in [0.2, 0.25) is 6.79 Å². The van der Waals surface area contributed by atoms with Crippen LogP contribution in [-0.4, -0.2) is 53.8 Å². The van der Waals surface area contributed by atoms with Gasteiger partial charge in [-0.25, -0.2) is 9.98 Å². The zero-order valence-corrected chi connectivity index (χ0v) is 19.7. The van der Waals surface area contributed by atoms with E-state index in [9.17, 15) is 0 Å². The molecule has 164 valence electrons. The van der Waals surface area contributed by atoms with Crippen LogP contribution in [0.4, 0.5) is 0 Å². The van der Waals surface area contributed by atoms with Crippen LogP contribution < -0.4 is 20.1 Å². The molecular formula is C20H29IN6O3. The van der Waals surface area contributed by atoms with Crippen molar-refractivity contribution < 1.29 is 14.2 Å². The second kappa shape index (κ2) is 10.3. The van der Waals surface area contributed by atoms with Gasteiger partial charge in [0, 0.05) is 38.8 Å². The number of aliphatic imine (C=N–C) groups is 1. The van der Waals surface area contributed by atoms with Gasteiger partial charge < -0.3 is 24.8 Å². The molecule has 0 unspecified atom stereocenters. The summed E-state index contributed by atoms with van der Waals surface area (Å²) in [5.74, 6) is 3.21. The molecule has 1 fully saturated rings. The number of ether oxygens (including phenoxy) is 3. The molecule has 4 rings (SSSR count). The number of fused-ring (bicyclic) bond motifs is 1. The monoisotopic (exact) mass is 528 g/mol. The third kappa shape index (κ3) is 4.97. The highest BCUT2D eigenvalue weighted by molar-refractivity contribution is 14.0. The minimum Gasteiger partial charge on any atom is -0.454 e. The van der Waals surface area contributed by atoms with Crippen LogP contribution in [0.15, 0.2) is 29.5 Å². The largest absolute Gasteiger partial charge is 0.454 e. The Balaban J connectivity index is 0.00000256. The van der Waals surface area contributed by atoms with Gasteiger partial charge in [0.25, 0.3) is 0 Å². The average Bonchev–Trinajstić information content (AvgIpc) is 3.39. The van der Waals surface area contributed by atoms with Crippen LogP contribution in [0.25, 0.3) is 0 Å². The van der Waals surface area contributed by atoms with Gasteiger partial charge in [-0.15, -0.1) is 24.0 Å². The molecule has 0 bridgehead atoms. The van der Waals surface area contributed by atoms with E-state index >= 15 is 0 Å². The third-order valence-electron chi connectivity index (χ3n) is 5.56. The maximum Gasteiger partial charge on any atom is 0.231 e. The molecule has 0 saturated carbocycles. The highest BCUT2D eigenvalue weighted by Gasteiger charge is 2.35. The number of nitrogens with zero attached hydrogens (tertiary/aromatic N) is 4. The molecule has 1 aromatic heterocycles. The molecule has 0 spiro atoms. The highest BCUT2D eigenvalue weighted by atomic mass is 127. The molecular weight excluding hydrogens is 499 g/mol. The summed E-state index contributed by atoms with van der Waals surface area (Å²) >= 11 is 0. The molecule has 9 nitrogen and oxygen atoms in total. The molecule has 0 aliphatic carbocycles. The lowest BCUT2D eigenvalue weighted by atomic mass is 9.74. The van der Waals surface area contributed by atoms with E-state index in [1.165, 1.54) is 5.56 Å². The van der Waals surface area contributed by atoms with E-state index in [1.54, 1.807) is 11.0 Å². The molecule has 1 aromatic carbocycles. The number of nitrogens with one attached hydrogen (secondary N) is 2. The van der Waals surface area contributed by atoms with Crippen LogP contribution in [-0.2, 0) is 23.7 Å². The van der Waals surface area contributed by atoms with E-state index in [2.05, 4.69) is 44.8 Å². The molecule has 0 atom stereocenters. The number of halogens is 1. The van der Waals surface area contributed by atoms with Gasteiger partial charge in [-0.1, -0.05) is 6.07 Å². The Kier molecular flexibility index (Phi) is 7.75. The lowest BCUT2D eigenvalue weighted by Crippen LogP contribution is -2.48. The van der Waals surface area contributed by atoms with Crippen LogP contribution in [0.3, 0.4) is 0 Å². The predicted molar refractivity (Wildman–Crippen MR) is 124 cm³/mol. The number of aromatic nitrogens is 3. The van der Waals surface area contributed by atoms with Gasteiger partial charge in [0.05, 0.1) is 0 Å². The molecule has 30 heavy (non-hydrogen) atoms. The molecule has 2 aliphatic heterocycles. The SMILES string of the molecule is CCNC(=NCc1ncnn1C)NCC1(c2ccc3c(c2)OCO3)CCOCC1.I. The van der Waals surface area contributed by atoms with Crippen LogP contribution in [0.1, 0.15) is 31.2 Å². The van der Waals surface area contributed by atoms with Crippen molar-refractivity contribution in [2.75, 3.05) is 33.1 Å². The topological polar surface area (TPSA) is 94.8 Å². The van der Waals surface area contributed by atoms with Gasteiger partial charge in [-0.05, 0) is 37.5 Å². The summed E-state index contributed by atoms with van der Waals surface area (Å²) in [7, 11) is 1.87. The fraction of sp³-hybridized carbons (Fsp3) is 0.550. The van der Waals surface area contributed by atoms with Crippen molar-refractivity contribution >= 4 is 29.9 Å². The Labute approximate surface area is 193 Å². The third-order valence-corrected chi connectivity index (χ3v) is 5.56. The summed E-state index contributed by atoms with van der Waals surface area (Å²) < 4.78 is 18.5. The lowest BCUT2D eigenvalue weighted by Gasteiger charge is -2.38. The first-order chi connectivity index (χ1) is 14.2. The molecule has 2 aromatic rings. The van der Waals surface area contributed by atoms with Crippen molar-refractivity contribution in [2.45, 2.75) is 31.7 Å². The van der Waals surface area contributed by atoms with Crippen molar-refractivity contribution in [3.63, 3.8) is 0 Å². The first-order valence-corrected chi connectivity index (χ1v) is 10.0. The van der Waals surface area contributed by atoms with Crippen LogP contribution in [0.2, 0.25) is 0 Å². The second-order valence-electron chi connectivity index (χ2n) is 7.31. The number of benzene rings is 1. The van der Waals surface area contributed by atoms with E-state index in [0.29, 0.717) is 6.54 Å². The Morgan fingerprint density at radius 2 is 2.00 bits per heavy atom. The number of guanidine groups is 1. The smallest absolute Gasteiger partial charge is 0.231 e. The molecule has 2 N–H and O–H groups in total. The van der Waals surface area contributed by atoms with Gasteiger partial charge in [0.15, 0.2) is 17.5 Å². The van der Waals surface area contributed by atoms with Crippen molar-refractivity contribution in [3.05, 3.63) is 35.9 Å². The van der Waals surface area contributed by atoms with Gasteiger partial charge >= 0.3 is 0 Å². The second-order valence-corrected chi connectivity index (χ2v) is 7.31. The minimum atomic E-state index is -0.0554. The Morgan fingerprint density at radius 3 is 2.73 bits per heavy atom. The Hall–Kier alpha value is -2.08. The van der Waals surface area contributed by atoms with E-state index in [1.807, 2.05) is 13.1 Å². The number of aryl methyl sites for hydroxylation is 1. The molecule has 10 heteroatoms. The van der Waals surface area contributed by atoms with E-state index < -0.39 is 0 Å². The summed E-state index contributed by atoms with van der Waals surface area (Å²) in [5, 5.41) is 11.0. The molecule has 0 amide bonds. The first kappa shape index (κ1) is 22.6. The fourth-order valence-electron chi connectivity index (χ4n) is 3.76. The van der Waals surface area contributed by atoms with Crippen molar-refractivity contribution in [3.8, 4) is 11.5 Å². The number of hydrogen-bond acceptors (Lipinski definition) is 6. The Bertz CT molecular complexity index is 866. The minimum absolute atomic E-state index is 0. The zero-order chi connectivity index (χ0) is 20.1. The Morgan fingerprint density at radius 1 is 1.20 bits per heavy atom. The number of rotatable bonds is 6. The maximum atomic E-state index is 5.66. The molecule has 2 aliphatic rings. The van der Waals surface area contributed by atoms with Gasteiger partial charge in [-0.2, -0.15) is 5.10 Å². The quantitative estimate of drug-likeness (QED) is 0.337. The fourth-order valence-corrected chi connectivity index (χ4v) is 3.76. The normalized spacial score (nSPS) is 17.3. The van der Waals surface area contributed by atoms with E-state index in [0.717, 1.165) is 62.4 Å². The lowest BCUT2D eigenvalue weighted by molar-refractivity contribution is 0.0513. The summed E-state index contributed by atoms with van der Waals surface area (Å²) in [6, 6.07) is 6.26. The van der Waals surface area contributed by atoms with Crippen molar-refractivity contribution in [1.82, 2.24) is 25.4 Å². The van der Waals surface area contributed by atoms with Gasteiger partial charge in [0.1, 0.15) is 18.7 Å². The maximum absolute atomic E-state index is 5.66. The molecule has 1 saturated heterocycles. The predicted octanol–water partition coefficient (Wildman–Crippen LogP) is 1.97. The van der Waals surface area contributed by atoms with Crippen LogP contribution in [0, 0.1) is 0 Å². The summed E-state index contributed by atoms with van der Waals surface area (Å²) in [4.78, 5) is 8.92. The number of hydrogen-bond donors (Lipinski definition) is 2. The average molecular weight is 528 g/mol. The summed E-state index contributed by atoms with van der Waals surface area (Å²) in [6.07, 6.45) is 3.41. The molecule has 0 radical (unpaired) electrons. The zero-order valence-electron chi connectivity index (χ0n) is 17.4. The van der Waals surface area contributed by atoms with Crippen LogP contribution in [0.5, 0.6) is 11.5 Å². The summed E-state index contributed by atoms with van der Waals surface area (Å²) in [6.45, 7) is 5.82. The first-order valence-electron chi connectivity index (χ1n) is 10.0. The van der Waals surface area contributed by atoms with Crippen molar-refractivity contribution in [1.29, 1.82) is 0 Å². The standard InChI is InChI=1S/C20H28N6O3.HI/c1-3-21-19(22-11-18-24-13-25-26(18)2)23-12-20(6-8-27-9-7-20)15-4-5-16-17(10-15)29-14-28-16;/h4-5,10,13H,3,6-9,11-12,14H2,1-2H3,(H2,21,22,23);1H. The van der Waals surface area contributed by atoms with Crippen LogP contribution >= 0.6 is 24.0 Å².